The van der Waals surface area contributed by atoms with Crippen LogP contribution in [0.4, 0.5) is 11.4 Å². The summed E-state index contributed by atoms with van der Waals surface area (Å²) in [5, 5.41) is 2.81. The van der Waals surface area contributed by atoms with Crippen LogP contribution in [0.25, 0.3) is 0 Å². The average Bonchev–Trinajstić information content (AvgIpc) is 2.63. The quantitative estimate of drug-likeness (QED) is 0.874. The fraction of sp³-hybridized carbons (Fsp3) is 0.316. The summed E-state index contributed by atoms with van der Waals surface area (Å²) in [6.45, 7) is 3.54. The highest BCUT2D eigenvalue weighted by Crippen LogP contribution is 2.20. The molecule has 1 N–H and O–H groups in total. The predicted molar refractivity (Wildman–Crippen MR) is 94.7 cm³/mol. The maximum Gasteiger partial charge on any atom is 0.274 e. The molecule has 5 nitrogen and oxygen atoms in total. The van der Waals surface area contributed by atoms with Gasteiger partial charge in [0.15, 0.2) is 5.78 Å². The van der Waals surface area contributed by atoms with Crippen molar-refractivity contribution in [2.24, 2.45) is 0 Å². The Labute approximate surface area is 141 Å². The Kier molecular flexibility index (Phi) is 4.89. The van der Waals surface area contributed by atoms with Gasteiger partial charge in [-0.05, 0) is 50.5 Å². The molecule has 1 aliphatic rings. The molecule has 1 fully saturated rings. The SMILES string of the molecule is CC(=O)c1cccc(NC(=O)c2cc(N3CCCCC3)ccn2)c1. The molecule has 0 saturated carbocycles. The molecule has 2 heterocycles. The predicted octanol–water partition coefficient (Wildman–Crippen LogP) is 3.53. The molecule has 5 heteroatoms. The number of nitrogens with one attached hydrogen (secondary N) is 1. The number of nitrogens with zero attached hydrogens (tertiary/aromatic N) is 2. The third-order valence-electron chi connectivity index (χ3n) is 4.22. The van der Waals surface area contributed by atoms with Crippen molar-refractivity contribution < 1.29 is 9.59 Å². The first-order chi connectivity index (χ1) is 11.6. The van der Waals surface area contributed by atoms with Crippen LogP contribution in [0.3, 0.4) is 0 Å². The van der Waals surface area contributed by atoms with E-state index in [0.717, 1.165) is 18.8 Å². The molecule has 2 aromatic rings. The van der Waals surface area contributed by atoms with Crippen LogP contribution in [0, 0.1) is 0 Å². The minimum absolute atomic E-state index is 0.0312. The number of rotatable bonds is 4. The van der Waals surface area contributed by atoms with E-state index in [1.54, 1.807) is 30.5 Å². The molecule has 0 radical (unpaired) electrons. The number of piperidine rings is 1. The van der Waals surface area contributed by atoms with E-state index in [0.29, 0.717) is 16.9 Å². The molecule has 0 spiro atoms. The normalized spacial score (nSPS) is 14.3. The van der Waals surface area contributed by atoms with Crippen molar-refractivity contribution in [1.82, 2.24) is 4.98 Å². The van der Waals surface area contributed by atoms with Gasteiger partial charge in [0.05, 0.1) is 0 Å². The fourth-order valence-electron chi connectivity index (χ4n) is 2.90. The van der Waals surface area contributed by atoms with Crippen molar-refractivity contribution >= 4 is 23.1 Å². The standard InChI is InChI=1S/C19H21N3O2/c1-14(23)15-6-5-7-16(12-15)21-19(24)18-13-17(8-9-20-18)22-10-3-2-4-11-22/h5-9,12-13H,2-4,10-11H2,1H3,(H,21,24). The zero-order chi connectivity index (χ0) is 16.9. The van der Waals surface area contributed by atoms with E-state index in [4.69, 9.17) is 0 Å². The van der Waals surface area contributed by atoms with Gasteiger partial charge >= 0.3 is 0 Å². The summed E-state index contributed by atoms with van der Waals surface area (Å²) < 4.78 is 0. The first-order valence-corrected chi connectivity index (χ1v) is 8.27. The van der Waals surface area contributed by atoms with Crippen LogP contribution in [0.1, 0.15) is 47.0 Å². The van der Waals surface area contributed by atoms with Gasteiger partial charge in [0, 0.05) is 36.2 Å². The molecule has 1 saturated heterocycles. The number of hydrogen-bond acceptors (Lipinski definition) is 4. The molecule has 124 valence electrons. The largest absolute Gasteiger partial charge is 0.371 e. The van der Waals surface area contributed by atoms with Crippen LogP contribution >= 0.6 is 0 Å². The summed E-state index contributed by atoms with van der Waals surface area (Å²) >= 11 is 0. The van der Waals surface area contributed by atoms with E-state index in [2.05, 4.69) is 15.2 Å². The lowest BCUT2D eigenvalue weighted by Gasteiger charge is -2.28. The Bertz CT molecular complexity index is 752. The third kappa shape index (κ3) is 3.79. The molecule has 0 atom stereocenters. The monoisotopic (exact) mass is 323 g/mol. The Morgan fingerprint density at radius 3 is 2.62 bits per heavy atom. The molecule has 0 aliphatic carbocycles. The molecule has 24 heavy (non-hydrogen) atoms. The minimum Gasteiger partial charge on any atom is -0.371 e. The Hall–Kier alpha value is -2.69. The molecule has 0 unspecified atom stereocenters. The van der Waals surface area contributed by atoms with Crippen molar-refractivity contribution in [3.05, 3.63) is 53.9 Å². The van der Waals surface area contributed by atoms with Crippen LogP contribution in [-0.2, 0) is 0 Å². The van der Waals surface area contributed by atoms with Crippen molar-refractivity contribution in [2.75, 3.05) is 23.3 Å². The number of carbonyl (C=O) groups is 2. The first kappa shape index (κ1) is 16.2. The van der Waals surface area contributed by atoms with Crippen molar-refractivity contribution in [3.8, 4) is 0 Å². The van der Waals surface area contributed by atoms with Gasteiger partial charge in [-0.25, -0.2) is 0 Å². The van der Waals surface area contributed by atoms with Crippen LogP contribution < -0.4 is 10.2 Å². The average molecular weight is 323 g/mol. The number of ketones is 1. The summed E-state index contributed by atoms with van der Waals surface area (Å²) in [5.74, 6) is -0.300. The highest BCUT2D eigenvalue weighted by Gasteiger charge is 2.14. The van der Waals surface area contributed by atoms with Gasteiger partial charge in [-0.15, -0.1) is 0 Å². The topological polar surface area (TPSA) is 62.3 Å². The third-order valence-corrected chi connectivity index (χ3v) is 4.22. The van der Waals surface area contributed by atoms with Crippen LogP contribution in [-0.4, -0.2) is 29.8 Å². The van der Waals surface area contributed by atoms with E-state index in [1.165, 1.54) is 26.2 Å². The second-order valence-electron chi connectivity index (χ2n) is 6.04. The molecular weight excluding hydrogens is 302 g/mol. The summed E-state index contributed by atoms with van der Waals surface area (Å²) in [7, 11) is 0. The Morgan fingerprint density at radius 2 is 1.88 bits per heavy atom. The first-order valence-electron chi connectivity index (χ1n) is 8.27. The van der Waals surface area contributed by atoms with Crippen LogP contribution in [0.15, 0.2) is 42.6 Å². The smallest absolute Gasteiger partial charge is 0.274 e. The van der Waals surface area contributed by atoms with Gasteiger partial charge in [0.1, 0.15) is 5.69 Å². The Morgan fingerprint density at radius 1 is 1.08 bits per heavy atom. The lowest BCUT2D eigenvalue weighted by molar-refractivity contribution is 0.100. The van der Waals surface area contributed by atoms with E-state index >= 15 is 0 Å². The number of hydrogen-bond donors (Lipinski definition) is 1. The second-order valence-corrected chi connectivity index (χ2v) is 6.04. The fourth-order valence-corrected chi connectivity index (χ4v) is 2.90. The number of Topliss-reactive ketones (excluding diaryl/α,β-unsaturated/α-hetero) is 1. The van der Waals surface area contributed by atoms with E-state index in [-0.39, 0.29) is 11.7 Å². The zero-order valence-corrected chi connectivity index (χ0v) is 13.8. The highest BCUT2D eigenvalue weighted by atomic mass is 16.2. The van der Waals surface area contributed by atoms with Gasteiger partial charge < -0.3 is 10.2 Å². The lowest BCUT2D eigenvalue weighted by atomic mass is 10.1. The number of aromatic nitrogens is 1. The molecule has 3 rings (SSSR count). The lowest BCUT2D eigenvalue weighted by Crippen LogP contribution is -2.29. The van der Waals surface area contributed by atoms with Crippen molar-refractivity contribution in [2.45, 2.75) is 26.2 Å². The van der Waals surface area contributed by atoms with E-state index in [1.807, 2.05) is 12.1 Å². The maximum absolute atomic E-state index is 12.5. The number of benzene rings is 1. The molecule has 0 bridgehead atoms. The Balaban J connectivity index is 1.75. The number of anilines is 2. The van der Waals surface area contributed by atoms with Gasteiger partial charge in [0.2, 0.25) is 0 Å². The number of amides is 1. The van der Waals surface area contributed by atoms with Gasteiger partial charge in [-0.3, -0.25) is 14.6 Å². The summed E-state index contributed by atoms with van der Waals surface area (Å²) in [4.78, 5) is 30.4. The van der Waals surface area contributed by atoms with Crippen molar-refractivity contribution in [1.29, 1.82) is 0 Å². The minimum atomic E-state index is -0.269. The second kappa shape index (κ2) is 7.25. The molecular formula is C19H21N3O2. The highest BCUT2D eigenvalue weighted by molar-refractivity contribution is 6.04. The van der Waals surface area contributed by atoms with Crippen LogP contribution in [0.2, 0.25) is 0 Å². The molecule has 1 aliphatic heterocycles. The van der Waals surface area contributed by atoms with Crippen molar-refractivity contribution in [3.63, 3.8) is 0 Å². The summed E-state index contributed by atoms with van der Waals surface area (Å²) in [5.41, 5.74) is 2.58. The van der Waals surface area contributed by atoms with Gasteiger partial charge in [-0.1, -0.05) is 12.1 Å². The summed E-state index contributed by atoms with van der Waals surface area (Å²) in [6.07, 6.45) is 5.30. The molecule has 1 aromatic carbocycles. The van der Waals surface area contributed by atoms with Gasteiger partial charge in [-0.2, -0.15) is 0 Å². The summed E-state index contributed by atoms with van der Waals surface area (Å²) in [6, 6.07) is 10.7. The zero-order valence-electron chi connectivity index (χ0n) is 13.8. The van der Waals surface area contributed by atoms with Gasteiger partial charge in [0.25, 0.3) is 5.91 Å². The number of carbonyl (C=O) groups excluding carboxylic acids is 2. The molecule has 1 amide bonds. The van der Waals surface area contributed by atoms with Crippen LogP contribution in [0.5, 0.6) is 0 Å². The number of pyridine rings is 1. The molecule has 1 aromatic heterocycles. The van der Waals surface area contributed by atoms with E-state index < -0.39 is 0 Å². The van der Waals surface area contributed by atoms with E-state index in [9.17, 15) is 9.59 Å². The maximum atomic E-state index is 12.5.